The molecular formula is C21H13F5N4O. The Balaban J connectivity index is 1.76. The van der Waals surface area contributed by atoms with Gasteiger partial charge in [0.25, 0.3) is 12.3 Å². The minimum absolute atomic E-state index is 0.104. The molecule has 1 N–H and O–H groups in total. The molecule has 2 aromatic heterocycles. The maximum absolute atomic E-state index is 13.6. The van der Waals surface area contributed by atoms with Crippen molar-refractivity contribution < 1.29 is 26.7 Å². The molecule has 0 fully saturated rings. The van der Waals surface area contributed by atoms with Crippen LogP contribution in [0.25, 0.3) is 16.9 Å². The van der Waals surface area contributed by atoms with Crippen LogP contribution in [0.1, 0.15) is 28.0 Å². The third-order valence-corrected chi connectivity index (χ3v) is 4.48. The van der Waals surface area contributed by atoms with Gasteiger partial charge in [0.05, 0.1) is 17.5 Å². The summed E-state index contributed by atoms with van der Waals surface area (Å²) in [6.07, 6.45) is -6.43. The lowest BCUT2D eigenvalue weighted by molar-refractivity contribution is -0.137. The van der Waals surface area contributed by atoms with E-state index in [0.29, 0.717) is 5.56 Å². The summed E-state index contributed by atoms with van der Waals surface area (Å²) in [4.78, 5) is 17.0. The topological polar surface area (TPSA) is 59.3 Å². The predicted molar refractivity (Wildman–Crippen MR) is 103 cm³/mol. The summed E-state index contributed by atoms with van der Waals surface area (Å²) >= 11 is 0. The van der Waals surface area contributed by atoms with Crippen LogP contribution in [-0.4, -0.2) is 20.5 Å². The molecule has 0 saturated carbocycles. The Kier molecular flexibility index (Phi) is 5.14. The van der Waals surface area contributed by atoms with Crippen LogP contribution in [0.4, 0.5) is 27.6 Å². The SMILES string of the molecule is O=C(Nc1cccc(C(F)(F)F)c1)c1cnn2c(C(F)F)cc(-c3ccccc3)nc12. The van der Waals surface area contributed by atoms with Crippen LogP contribution in [-0.2, 0) is 6.18 Å². The highest BCUT2D eigenvalue weighted by Gasteiger charge is 2.30. The second-order valence-corrected chi connectivity index (χ2v) is 6.56. The number of carbonyl (C=O) groups excluding carboxylic acids is 1. The van der Waals surface area contributed by atoms with Gasteiger partial charge < -0.3 is 5.32 Å². The number of amides is 1. The number of hydrogen-bond acceptors (Lipinski definition) is 3. The lowest BCUT2D eigenvalue weighted by Crippen LogP contribution is -2.14. The summed E-state index contributed by atoms with van der Waals surface area (Å²) in [7, 11) is 0. The molecule has 2 aromatic carbocycles. The van der Waals surface area contributed by atoms with Crippen molar-refractivity contribution in [3.05, 3.63) is 83.7 Å². The van der Waals surface area contributed by atoms with Crippen molar-refractivity contribution in [2.45, 2.75) is 12.6 Å². The normalized spacial score (nSPS) is 11.8. The third kappa shape index (κ3) is 4.09. The van der Waals surface area contributed by atoms with Crippen LogP contribution >= 0.6 is 0 Å². The fraction of sp³-hybridized carbons (Fsp3) is 0.0952. The fourth-order valence-corrected chi connectivity index (χ4v) is 3.03. The van der Waals surface area contributed by atoms with Crippen molar-refractivity contribution in [3.63, 3.8) is 0 Å². The van der Waals surface area contributed by atoms with Crippen molar-refractivity contribution in [1.29, 1.82) is 0 Å². The van der Waals surface area contributed by atoms with E-state index in [2.05, 4.69) is 15.4 Å². The number of nitrogens with one attached hydrogen (secondary N) is 1. The minimum Gasteiger partial charge on any atom is -0.322 e. The largest absolute Gasteiger partial charge is 0.416 e. The number of aromatic nitrogens is 3. The van der Waals surface area contributed by atoms with E-state index in [-0.39, 0.29) is 22.6 Å². The second-order valence-electron chi connectivity index (χ2n) is 6.56. The molecule has 0 aliphatic rings. The Morgan fingerprint density at radius 3 is 2.42 bits per heavy atom. The summed E-state index contributed by atoms with van der Waals surface area (Å²) in [6, 6.07) is 13.8. The number of rotatable bonds is 4. The molecule has 0 spiro atoms. The Labute approximate surface area is 172 Å². The number of carbonyl (C=O) groups is 1. The molecule has 0 unspecified atom stereocenters. The first-order chi connectivity index (χ1) is 14.7. The summed E-state index contributed by atoms with van der Waals surface area (Å²) in [5.74, 6) is -0.827. The first-order valence-corrected chi connectivity index (χ1v) is 8.95. The number of fused-ring (bicyclic) bond motifs is 1. The zero-order valence-electron chi connectivity index (χ0n) is 15.6. The van der Waals surface area contributed by atoms with Gasteiger partial charge in [-0.05, 0) is 24.3 Å². The van der Waals surface area contributed by atoms with E-state index >= 15 is 0 Å². The van der Waals surface area contributed by atoms with Crippen LogP contribution in [0.3, 0.4) is 0 Å². The number of nitrogens with zero attached hydrogens (tertiary/aromatic N) is 3. The third-order valence-electron chi connectivity index (χ3n) is 4.48. The molecular weight excluding hydrogens is 419 g/mol. The Bertz CT molecular complexity index is 1250. The number of benzene rings is 2. The zero-order chi connectivity index (χ0) is 22.2. The number of anilines is 1. The Hall–Kier alpha value is -3.82. The molecule has 5 nitrogen and oxygen atoms in total. The van der Waals surface area contributed by atoms with Gasteiger partial charge in [-0.25, -0.2) is 18.3 Å². The molecule has 2 heterocycles. The average molecular weight is 432 g/mol. The monoisotopic (exact) mass is 432 g/mol. The molecule has 0 bridgehead atoms. The summed E-state index contributed by atoms with van der Waals surface area (Å²) in [5, 5.41) is 6.16. The van der Waals surface area contributed by atoms with E-state index in [4.69, 9.17) is 0 Å². The number of alkyl halides is 5. The van der Waals surface area contributed by atoms with E-state index < -0.39 is 29.8 Å². The summed E-state index contributed by atoms with van der Waals surface area (Å²) in [6.45, 7) is 0. The van der Waals surface area contributed by atoms with Gasteiger partial charge in [-0.2, -0.15) is 18.3 Å². The molecule has 0 aliphatic carbocycles. The highest BCUT2D eigenvalue weighted by Crippen LogP contribution is 2.31. The second kappa shape index (κ2) is 7.78. The van der Waals surface area contributed by atoms with E-state index in [0.717, 1.165) is 28.9 Å². The molecule has 4 rings (SSSR count). The van der Waals surface area contributed by atoms with Crippen LogP contribution in [0.5, 0.6) is 0 Å². The maximum atomic E-state index is 13.6. The zero-order valence-corrected chi connectivity index (χ0v) is 15.6. The van der Waals surface area contributed by atoms with Crippen molar-refractivity contribution in [2.75, 3.05) is 5.32 Å². The smallest absolute Gasteiger partial charge is 0.322 e. The standard InChI is InChI=1S/C21H13F5N4O/c22-18(23)17-10-16(12-5-2-1-3-6-12)29-19-15(11-27-30(17)19)20(31)28-14-8-4-7-13(9-14)21(24,25)26/h1-11,18H,(H,28,31). The lowest BCUT2D eigenvalue weighted by Gasteiger charge is -2.10. The fourth-order valence-electron chi connectivity index (χ4n) is 3.03. The number of hydrogen-bond donors (Lipinski definition) is 1. The van der Waals surface area contributed by atoms with Gasteiger partial charge in [-0.1, -0.05) is 36.4 Å². The maximum Gasteiger partial charge on any atom is 0.416 e. The van der Waals surface area contributed by atoms with E-state index in [1.165, 1.54) is 12.1 Å². The Morgan fingerprint density at radius 1 is 1.00 bits per heavy atom. The van der Waals surface area contributed by atoms with Crippen LogP contribution < -0.4 is 5.32 Å². The average Bonchev–Trinajstić information content (AvgIpc) is 3.17. The first-order valence-electron chi connectivity index (χ1n) is 8.95. The highest BCUT2D eigenvalue weighted by atomic mass is 19.4. The Morgan fingerprint density at radius 2 is 1.74 bits per heavy atom. The molecule has 0 aliphatic heterocycles. The van der Waals surface area contributed by atoms with Gasteiger partial charge in [0.1, 0.15) is 11.3 Å². The van der Waals surface area contributed by atoms with Gasteiger partial charge in [0, 0.05) is 11.3 Å². The van der Waals surface area contributed by atoms with Crippen molar-refractivity contribution in [2.24, 2.45) is 0 Å². The van der Waals surface area contributed by atoms with Gasteiger partial charge >= 0.3 is 6.18 Å². The molecule has 0 radical (unpaired) electrons. The van der Waals surface area contributed by atoms with Gasteiger partial charge in [0.15, 0.2) is 5.65 Å². The van der Waals surface area contributed by atoms with E-state index in [9.17, 15) is 26.7 Å². The van der Waals surface area contributed by atoms with Crippen LogP contribution in [0, 0.1) is 0 Å². The van der Waals surface area contributed by atoms with Crippen LogP contribution in [0.2, 0.25) is 0 Å². The van der Waals surface area contributed by atoms with E-state index in [1.54, 1.807) is 30.3 Å². The van der Waals surface area contributed by atoms with Gasteiger partial charge in [-0.3, -0.25) is 4.79 Å². The molecule has 0 atom stereocenters. The van der Waals surface area contributed by atoms with Crippen LogP contribution in [0.15, 0.2) is 66.9 Å². The lowest BCUT2D eigenvalue weighted by atomic mass is 10.1. The van der Waals surface area contributed by atoms with Crippen molar-refractivity contribution in [3.8, 4) is 11.3 Å². The highest BCUT2D eigenvalue weighted by molar-refractivity contribution is 6.08. The first kappa shape index (κ1) is 20.5. The van der Waals surface area contributed by atoms with Gasteiger partial charge in [0.2, 0.25) is 0 Å². The molecule has 158 valence electrons. The van der Waals surface area contributed by atoms with Crippen molar-refractivity contribution in [1.82, 2.24) is 14.6 Å². The number of halogens is 5. The molecule has 4 aromatic rings. The molecule has 0 saturated heterocycles. The predicted octanol–water partition coefficient (Wildman–Crippen LogP) is 5.61. The molecule has 1 amide bonds. The summed E-state index contributed by atoms with van der Waals surface area (Å²) in [5.41, 5.74) is -1.04. The van der Waals surface area contributed by atoms with Gasteiger partial charge in [-0.15, -0.1) is 0 Å². The molecule has 31 heavy (non-hydrogen) atoms. The quantitative estimate of drug-likeness (QED) is 0.427. The summed E-state index contributed by atoms with van der Waals surface area (Å²) < 4.78 is 66.8. The van der Waals surface area contributed by atoms with Crippen molar-refractivity contribution >= 4 is 17.2 Å². The minimum atomic E-state index is -4.58. The van der Waals surface area contributed by atoms with E-state index in [1.807, 2.05) is 0 Å². The molecule has 10 heteroatoms.